The summed E-state index contributed by atoms with van der Waals surface area (Å²) in [6, 6.07) is 5.92. The highest BCUT2D eigenvalue weighted by molar-refractivity contribution is 5.97. The van der Waals surface area contributed by atoms with Gasteiger partial charge < -0.3 is 14.2 Å². The lowest BCUT2D eigenvalue weighted by Crippen LogP contribution is -2.45. The Kier molecular flexibility index (Phi) is 5.97. The first-order valence-corrected chi connectivity index (χ1v) is 12.2. The number of nitrogens with zero attached hydrogens (tertiary/aromatic N) is 3. The van der Waals surface area contributed by atoms with Gasteiger partial charge in [0.25, 0.3) is 5.91 Å². The Balaban J connectivity index is 1.30. The van der Waals surface area contributed by atoms with Crippen LogP contribution in [0.2, 0.25) is 0 Å². The molecule has 1 aliphatic carbocycles. The molecule has 2 amide bonds. The number of carbonyl (C=O) groups excluding carboxylic acids is 2. The summed E-state index contributed by atoms with van der Waals surface area (Å²) in [7, 11) is 0. The van der Waals surface area contributed by atoms with Crippen LogP contribution in [0, 0.1) is 0 Å². The first-order chi connectivity index (χ1) is 15.2. The van der Waals surface area contributed by atoms with Gasteiger partial charge in [0.2, 0.25) is 5.91 Å². The molecule has 2 aromatic rings. The second-order valence-electron chi connectivity index (χ2n) is 9.49. The predicted molar refractivity (Wildman–Crippen MR) is 119 cm³/mol. The lowest BCUT2D eigenvalue weighted by molar-refractivity contribution is -0.127. The third-order valence-corrected chi connectivity index (χ3v) is 7.40. The molecule has 3 fully saturated rings. The zero-order valence-corrected chi connectivity index (χ0v) is 18.4. The third kappa shape index (κ3) is 4.35. The van der Waals surface area contributed by atoms with Crippen molar-refractivity contribution in [2.75, 3.05) is 19.6 Å². The smallest absolute Gasteiger partial charge is 0.254 e. The van der Waals surface area contributed by atoms with Crippen molar-refractivity contribution in [2.24, 2.45) is 0 Å². The Hall–Kier alpha value is -2.37. The summed E-state index contributed by atoms with van der Waals surface area (Å²) >= 11 is 0. The normalized spacial score (nSPS) is 23.1. The Morgan fingerprint density at radius 3 is 2.68 bits per heavy atom. The van der Waals surface area contributed by atoms with Crippen LogP contribution in [0.3, 0.4) is 0 Å². The van der Waals surface area contributed by atoms with Crippen LogP contribution in [0.5, 0.6) is 0 Å². The van der Waals surface area contributed by atoms with Crippen molar-refractivity contribution < 1.29 is 14.0 Å². The first kappa shape index (κ1) is 20.5. The van der Waals surface area contributed by atoms with Crippen molar-refractivity contribution in [1.29, 1.82) is 0 Å². The average Bonchev–Trinajstić information content (AvgIpc) is 3.43. The summed E-state index contributed by atoms with van der Waals surface area (Å²) in [6.45, 7) is 2.42. The third-order valence-electron chi connectivity index (χ3n) is 7.40. The molecule has 2 aliphatic heterocycles. The molecular weight excluding hydrogens is 390 g/mol. The van der Waals surface area contributed by atoms with E-state index in [4.69, 9.17) is 9.40 Å². The van der Waals surface area contributed by atoms with Crippen LogP contribution >= 0.6 is 0 Å². The van der Waals surface area contributed by atoms with Crippen LogP contribution in [0.1, 0.15) is 92.8 Å². The standard InChI is InChI=1S/C25H33N3O3/c29-23-10-6-14-27(23)16-13-20-9-4-5-15-28(20)25(30)19-11-12-21-22(17-19)31-24(26-21)18-7-2-1-3-8-18/h11-12,17-18,20H,1-10,13-16H2. The van der Waals surface area contributed by atoms with Crippen LogP contribution in [0.25, 0.3) is 11.1 Å². The monoisotopic (exact) mass is 423 g/mol. The van der Waals surface area contributed by atoms with Crippen molar-refractivity contribution in [3.05, 3.63) is 29.7 Å². The number of hydrogen-bond donors (Lipinski definition) is 0. The Labute approximate surface area is 184 Å². The molecule has 1 unspecified atom stereocenters. The molecule has 166 valence electrons. The zero-order chi connectivity index (χ0) is 21.2. The highest BCUT2D eigenvalue weighted by atomic mass is 16.3. The lowest BCUT2D eigenvalue weighted by atomic mass is 9.89. The number of hydrogen-bond acceptors (Lipinski definition) is 4. The molecule has 31 heavy (non-hydrogen) atoms. The SMILES string of the molecule is O=C1CCCN1CCC1CCCCN1C(=O)c1ccc2nc(C3CCCCC3)oc2c1. The van der Waals surface area contributed by atoms with Gasteiger partial charge in [-0.25, -0.2) is 4.98 Å². The molecule has 0 bridgehead atoms. The predicted octanol–water partition coefficient (Wildman–Crippen LogP) is 4.88. The van der Waals surface area contributed by atoms with Gasteiger partial charge >= 0.3 is 0 Å². The number of piperidine rings is 1. The number of amides is 2. The van der Waals surface area contributed by atoms with Crippen molar-refractivity contribution >= 4 is 22.9 Å². The van der Waals surface area contributed by atoms with Gasteiger partial charge in [-0.15, -0.1) is 0 Å². The molecule has 0 spiro atoms. The summed E-state index contributed by atoms with van der Waals surface area (Å²) < 4.78 is 6.11. The minimum atomic E-state index is 0.0787. The van der Waals surface area contributed by atoms with E-state index in [0.29, 0.717) is 17.9 Å². The minimum Gasteiger partial charge on any atom is -0.440 e. The summed E-state index contributed by atoms with van der Waals surface area (Å²) in [5, 5.41) is 0. The molecule has 2 saturated heterocycles. The number of rotatable bonds is 5. The van der Waals surface area contributed by atoms with E-state index in [1.165, 1.54) is 19.3 Å². The van der Waals surface area contributed by atoms with E-state index >= 15 is 0 Å². The largest absolute Gasteiger partial charge is 0.440 e. The van der Waals surface area contributed by atoms with Crippen LogP contribution in [-0.4, -0.2) is 52.3 Å². The number of likely N-dealkylation sites (tertiary alicyclic amines) is 2. The van der Waals surface area contributed by atoms with Gasteiger partial charge in [-0.2, -0.15) is 0 Å². The quantitative estimate of drug-likeness (QED) is 0.687. The fourth-order valence-electron chi connectivity index (χ4n) is 5.58. The topological polar surface area (TPSA) is 66.7 Å². The first-order valence-electron chi connectivity index (χ1n) is 12.2. The number of aromatic nitrogens is 1. The van der Waals surface area contributed by atoms with Crippen molar-refractivity contribution in [2.45, 2.75) is 82.6 Å². The molecular formula is C25H33N3O3. The highest BCUT2D eigenvalue weighted by Gasteiger charge is 2.30. The molecule has 3 heterocycles. The maximum Gasteiger partial charge on any atom is 0.254 e. The van der Waals surface area contributed by atoms with Crippen LogP contribution in [0.15, 0.2) is 22.6 Å². The molecule has 6 heteroatoms. The summed E-state index contributed by atoms with van der Waals surface area (Å²) in [5.74, 6) is 1.60. The summed E-state index contributed by atoms with van der Waals surface area (Å²) in [5.41, 5.74) is 2.26. The maximum atomic E-state index is 13.4. The van der Waals surface area contributed by atoms with E-state index in [2.05, 4.69) is 0 Å². The Morgan fingerprint density at radius 1 is 1.03 bits per heavy atom. The van der Waals surface area contributed by atoms with E-state index in [-0.39, 0.29) is 17.9 Å². The molecule has 1 saturated carbocycles. The van der Waals surface area contributed by atoms with Gasteiger partial charge in [0.1, 0.15) is 5.52 Å². The number of benzene rings is 1. The zero-order valence-electron chi connectivity index (χ0n) is 18.4. The Bertz CT molecular complexity index is 947. The van der Waals surface area contributed by atoms with Crippen molar-refractivity contribution in [1.82, 2.24) is 14.8 Å². The van der Waals surface area contributed by atoms with E-state index in [0.717, 1.165) is 81.6 Å². The number of oxazole rings is 1. The average molecular weight is 424 g/mol. The van der Waals surface area contributed by atoms with Gasteiger partial charge in [-0.3, -0.25) is 9.59 Å². The maximum absolute atomic E-state index is 13.4. The molecule has 1 atom stereocenters. The second-order valence-corrected chi connectivity index (χ2v) is 9.49. The second kappa shape index (κ2) is 9.01. The van der Waals surface area contributed by atoms with E-state index < -0.39 is 0 Å². The minimum absolute atomic E-state index is 0.0787. The van der Waals surface area contributed by atoms with E-state index in [9.17, 15) is 9.59 Å². The van der Waals surface area contributed by atoms with Gasteiger partial charge in [0.05, 0.1) is 0 Å². The molecule has 6 nitrogen and oxygen atoms in total. The van der Waals surface area contributed by atoms with Gasteiger partial charge in [-0.05, 0) is 63.1 Å². The lowest BCUT2D eigenvalue weighted by Gasteiger charge is -2.36. The number of carbonyl (C=O) groups is 2. The summed E-state index contributed by atoms with van der Waals surface area (Å²) in [4.78, 5) is 34.1. The van der Waals surface area contributed by atoms with Gasteiger partial charge in [-0.1, -0.05) is 19.3 Å². The highest BCUT2D eigenvalue weighted by Crippen LogP contribution is 2.34. The molecule has 3 aliphatic rings. The molecule has 5 rings (SSSR count). The Morgan fingerprint density at radius 2 is 1.87 bits per heavy atom. The van der Waals surface area contributed by atoms with Crippen LogP contribution < -0.4 is 0 Å². The fourth-order valence-corrected chi connectivity index (χ4v) is 5.58. The van der Waals surface area contributed by atoms with Crippen LogP contribution in [-0.2, 0) is 4.79 Å². The summed E-state index contributed by atoms with van der Waals surface area (Å²) in [6.07, 6.45) is 11.8. The fraction of sp³-hybridized carbons (Fsp3) is 0.640. The van der Waals surface area contributed by atoms with Crippen molar-refractivity contribution in [3.63, 3.8) is 0 Å². The van der Waals surface area contributed by atoms with Crippen LogP contribution in [0.4, 0.5) is 0 Å². The molecule has 0 N–H and O–H groups in total. The molecule has 1 aromatic heterocycles. The molecule has 0 radical (unpaired) electrons. The van der Waals surface area contributed by atoms with E-state index in [1.807, 2.05) is 28.0 Å². The molecule has 1 aromatic carbocycles. The van der Waals surface area contributed by atoms with Gasteiger partial charge in [0.15, 0.2) is 11.5 Å². The van der Waals surface area contributed by atoms with Crippen molar-refractivity contribution in [3.8, 4) is 0 Å². The van der Waals surface area contributed by atoms with Gasteiger partial charge in [0, 0.05) is 43.6 Å². The number of fused-ring (bicyclic) bond motifs is 1. The van der Waals surface area contributed by atoms with E-state index in [1.54, 1.807) is 0 Å².